The Morgan fingerprint density at radius 3 is 2.68 bits per heavy atom. The SMILES string of the molecule is CCCN(CC1CCCCC1)C(=O)c1cc(C(=O)O)ccn1. The highest BCUT2D eigenvalue weighted by atomic mass is 16.4. The number of carboxylic acid groups (broad SMARTS) is 1. The molecule has 1 saturated carbocycles. The summed E-state index contributed by atoms with van der Waals surface area (Å²) in [6.45, 7) is 3.49. The van der Waals surface area contributed by atoms with E-state index in [4.69, 9.17) is 5.11 Å². The minimum Gasteiger partial charge on any atom is -0.478 e. The summed E-state index contributed by atoms with van der Waals surface area (Å²) in [5, 5.41) is 9.04. The summed E-state index contributed by atoms with van der Waals surface area (Å²) < 4.78 is 0. The summed E-state index contributed by atoms with van der Waals surface area (Å²) in [6, 6.07) is 2.78. The molecule has 1 fully saturated rings. The molecule has 1 aromatic rings. The van der Waals surface area contributed by atoms with E-state index >= 15 is 0 Å². The van der Waals surface area contributed by atoms with Crippen LogP contribution in [0.2, 0.25) is 0 Å². The van der Waals surface area contributed by atoms with Gasteiger partial charge in [0.2, 0.25) is 0 Å². The molecular weight excluding hydrogens is 280 g/mol. The molecule has 0 saturated heterocycles. The number of hydrogen-bond acceptors (Lipinski definition) is 3. The van der Waals surface area contributed by atoms with Gasteiger partial charge in [0.1, 0.15) is 5.69 Å². The van der Waals surface area contributed by atoms with Crippen molar-refractivity contribution in [2.24, 2.45) is 5.92 Å². The lowest BCUT2D eigenvalue weighted by molar-refractivity contribution is 0.0696. The van der Waals surface area contributed by atoms with E-state index in [1.807, 2.05) is 11.8 Å². The second-order valence-electron chi connectivity index (χ2n) is 5.99. The third kappa shape index (κ3) is 4.29. The first-order valence-corrected chi connectivity index (χ1v) is 8.10. The molecule has 1 heterocycles. The van der Waals surface area contributed by atoms with Crippen LogP contribution in [0.25, 0.3) is 0 Å². The van der Waals surface area contributed by atoms with Gasteiger partial charge in [-0.1, -0.05) is 26.2 Å². The fourth-order valence-corrected chi connectivity index (χ4v) is 3.07. The third-order valence-corrected chi connectivity index (χ3v) is 4.21. The number of aromatic nitrogens is 1. The molecule has 0 unspecified atom stereocenters. The summed E-state index contributed by atoms with van der Waals surface area (Å²) in [6.07, 6.45) is 8.41. The number of nitrogens with zero attached hydrogens (tertiary/aromatic N) is 2. The minimum atomic E-state index is -1.04. The highest BCUT2D eigenvalue weighted by Crippen LogP contribution is 2.25. The van der Waals surface area contributed by atoms with Crippen molar-refractivity contribution in [1.29, 1.82) is 0 Å². The number of aromatic carboxylic acids is 1. The number of hydrogen-bond donors (Lipinski definition) is 1. The van der Waals surface area contributed by atoms with Gasteiger partial charge < -0.3 is 10.0 Å². The standard InChI is InChI=1S/C17H24N2O3/c1-2-10-19(12-13-6-4-3-5-7-13)16(20)15-11-14(17(21)22)8-9-18-15/h8-9,11,13H,2-7,10,12H2,1H3,(H,21,22). The van der Waals surface area contributed by atoms with Gasteiger partial charge in [0.05, 0.1) is 5.56 Å². The number of rotatable bonds is 6. The van der Waals surface area contributed by atoms with Gasteiger partial charge in [-0.3, -0.25) is 9.78 Å². The zero-order chi connectivity index (χ0) is 15.9. The molecule has 5 heteroatoms. The van der Waals surface area contributed by atoms with Gasteiger partial charge in [0.15, 0.2) is 0 Å². The summed E-state index contributed by atoms with van der Waals surface area (Å²) >= 11 is 0. The summed E-state index contributed by atoms with van der Waals surface area (Å²) in [5.74, 6) is -0.631. The molecular formula is C17H24N2O3. The first-order chi connectivity index (χ1) is 10.6. The van der Waals surface area contributed by atoms with Crippen molar-refractivity contribution in [3.63, 3.8) is 0 Å². The van der Waals surface area contributed by atoms with Gasteiger partial charge >= 0.3 is 5.97 Å². The average Bonchev–Trinajstić information content (AvgIpc) is 2.55. The molecule has 0 aromatic carbocycles. The number of carbonyl (C=O) groups is 2. The van der Waals surface area contributed by atoms with Crippen LogP contribution in [0.3, 0.4) is 0 Å². The van der Waals surface area contributed by atoms with Crippen molar-refractivity contribution in [2.75, 3.05) is 13.1 Å². The Morgan fingerprint density at radius 1 is 1.32 bits per heavy atom. The fraction of sp³-hybridized carbons (Fsp3) is 0.588. The number of carboxylic acids is 1. The highest BCUT2D eigenvalue weighted by Gasteiger charge is 2.22. The number of pyridine rings is 1. The van der Waals surface area contributed by atoms with E-state index in [1.165, 1.54) is 50.4 Å². The molecule has 5 nitrogen and oxygen atoms in total. The first kappa shape index (κ1) is 16.5. The van der Waals surface area contributed by atoms with Crippen LogP contribution in [0.1, 0.15) is 66.3 Å². The summed E-state index contributed by atoms with van der Waals surface area (Å²) in [7, 11) is 0. The average molecular weight is 304 g/mol. The normalized spacial score (nSPS) is 15.5. The Labute approximate surface area is 131 Å². The van der Waals surface area contributed by atoms with E-state index in [-0.39, 0.29) is 17.2 Å². The van der Waals surface area contributed by atoms with Gasteiger partial charge in [-0.05, 0) is 37.3 Å². The first-order valence-electron chi connectivity index (χ1n) is 8.10. The van der Waals surface area contributed by atoms with Gasteiger partial charge in [0, 0.05) is 19.3 Å². The van der Waals surface area contributed by atoms with Crippen LogP contribution >= 0.6 is 0 Å². The third-order valence-electron chi connectivity index (χ3n) is 4.21. The quantitative estimate of drug-likeness (QED) is 0.876. The fourth-order valence-electron chi connectivity index (χ4n) is 3.07. The van der Waals surface area contributed by atoms with E-state index in [1.54, 1.807) is 0 Å². The van der Waals surface area contributed by atoms with Gasteiger partial charge in [-0.25, -0.2) is 4.79 Å². The van der Waals surface area contributed by atoms with Crippen molar-refractivity contribution >= 4 is 11.9 Å². The maximum atomic E-state index is 12.7. The second kappa shape index (κ2) is 7.92. The topological polar surface area (TPSA) is 70.5 Å². The summed E-state index contributed by atoms with van der Waals surface area (Å²) in [4.78, 5) is 29.6. The smallest absolute Gasteiger partial charge is 0.335 e. The Balaban J connectivity index is 2.11. The van der Waals surface area contributed by atoms with Gasteiger partial charge in [0.25, 0.3) is 5.91 Å². The lowest BCUT2D eigenvalue weighted by atomic mass is 9.89. The van der Waals surface area contributed by atoms with Crippen LogP contribution in [-0.2, 0) is 0 Å². The van der Waals surface area contributed by atoms with Crippen LogP contribution < -0.4 is 0 Å². The van der Waals surface area contributed by atoms with Crippen LogP contribution in [0, 0.1) is 5.92 Å². The zero-order valence-electron chi connectivity index (χ0n) is 13.1. The molecule has 0 radical (unpaired) electrons. The molecule has 0 bridgehead atoms. The number of amides is 1. The second-order valence-corrected chi connectivity index (χ2v) is 5.99. The zero-order valence-corrected chi connectivity index (χ0v) is 13.1. The van der Waals surface area contributed by atoms with Crippen molar-refractivity contribution in [2.45, 2.75) is 45.4 Å². The lowest BCUT2D eigenvalue weighted by Gasteiger charge is -2.29. The van der Waals surface area contributed by atoms with Gasteiger partial charge in [-0.15, -0.1) is 0 Å². The Bertz CT molecular complexity index is 524. The van der Waals surface area contributed by atoms with Crippen LogP contribution in [0.5, 0.6) is 0 Å². The lowest BCUT2D eigenvalue weighted by Crippen LogP contribution is -2.37. The predicted octanol–water partition coefficient (Wildman–Crippen LogP) is 3.21. The summed E-state index contributed by atoms with van der Waals surface area (Å²) in [5.41, 5.74) is 0.330. The molecule has 0 atom stereocenters. The van der Waals surface area contributed by atoms with Crippen LogP contribution in [0.15, 0.2) is 18.3 Å². The van der Waals surface area contributed by atoms with E-state index in [2.05, 4.69) is 4.98 Å². The molecule has 1 amide bonds. The van der Waals surface area contributed by atoms with E-state index in [0.29, 0.717) is 12.5 Å². The monoisotopic (exact) mass is 304 g/mol. The van der Waals surface area contributed by atoms with E-state index in [0.717, 1.165) is 13.0 Å². The molecule has 0 aliphatic heterocycles. The van der Waals surface area contributed by atoms with Crippen LogP contribution in [-0.4, -0.2) is 40.0 Å². The molecule has 1 aliphatic rings. The van der Waals surface area contributed by atoms with Crippen molar-refractivity contribution in [1.82, 2.24) is 9.88 Å². The Hall–Kier alpha value is -1.91. The molecule has 0 spiro atoms. The maximum absolute atomic E-state index is 12.7. The van der Waals surface area contributed by atoms with Crippen molar-refractivity contribution < 1.29 is 14.7 Å². The Kier molecular flexibility index (Phi) is 5.92. The van der Waals surface area contributed by atoms with Crippen LogP contribution in [0.4, 0.5) is 0 Å². The molecule has 1 aromatic heterocycles. The maximum Gasteiger partial charge on any atom is 0.335 e. The van der Waals surface area contributed by atoms with E-state index in [9.17, 15) is 9.59 Å². The molecule has 1 aliphatic carbocycles. The molecule has 120 valence electrons. The van der Waals surface area contributed by atoms with E-state index < -0.39 is 5.97 Å². The van der Waals surface area contributed by atoms with Crippen molar-refractivity contribution in [3.05, 3.63) is 29.6 Å². The predicted molar refractivity (Wildman–Crippen MR) is 84.0 cm³/mol. The highest BCUT2D eigenvalue weighted by molar-refractivity contribution is 5.95. The molecule has 2 rings (SSSR count). The molecule has 1 N–H and O–H groups in total. The minimum absolute atomic E-state index is 0.104. The molecule has 22 heavy (non-hydrogen) atoms. The van der Waals surface area contributed by atoms with Crippen molar-refractivity contribution in [3.8, 4) is 0 Å². The van der Waals surface area contributed by atoms with Gasteiger partial charge in [-0.2, -0.15) is 0 Å². The number of carbonyl (C=O) groups excluding carboxylic acids is 1. The Morgan fingerprint density at radius 2 is 2.05 bits per heavy atom. The largest absolute Gasteiger partial charge is 0.478 e.